The lowest BCUT2D eigenvalue weighted by atomic mass is 10.1. The van der Waals surface area contributed by atoms with Crippen molar-refractivity contribution in [3.8, 4) is 0 Å². The topological polar surface area (TPSA) is 45.2 Å². The van der Waals surface area contributed by atoms with E-state index in [0.29, 0.717) is 0 Å². The molecule has 1 aliphatic rings. The van der Waals surface area contributed by atoms with Crippen molar-refractivity contribution in [2.24, 2.45) is 0 Å². The van der Waals surface area contributed by atoms with Gasteiger partial charge in [-0.05, 0) is 50.3 Å². The van der Waals surface area contributed by atoms with Crippen molar-refractivity contribution >= 4 is 29.0 Å². The van der Waals surface area contributed by atoms with Crippen molar-refractivity contribution in [2.75, 3.05) is 29.6 Å². The Morgan fingerprint density at radius 1 is 1.22 bits per heavy atom. The molecule has 1 aromatic carbocycles. The molecule has 4 nitrogen and oxygen atoms in total. The molecule has 120 valence electrons. The van der Waals surface area contributed by atoms with Crippen molar-refractivity contribution < 1.29 is 4.79 Å². The van der Waals surface area contributed by atoms with Gasteiger partial charge >= 0.3 is 0 Å². The zero-order valence-electron chi connectivity index (χ0n) is 13.5. The fourth-order valence-corrected chi connectivity index (χ4v) is 3.20. The summed E-state index contributed by atoms with van der Waals surface area (Å²) in [7, 11) is 0. The van der Waals surface area contributed by atoms with E-state index in [2.05, 4.69) is 27.3 Å². The highest BCUT2D eigenvalue weighted by Crippen LogP contribution is 2.26. The molecule has 0 atom stereocenters. The molecule has 0 radical (unpaired) electrons. The fraction of sp³-hybridized carbons (Fsp3) is 0.333. The summed E-state index contributed by atoms with van der Waals surface area (Å²) in [4.78, 5) is 19.3. The quantitative estimate of drug-likeness (QED) is 0.863. The maximum Gasteiger partial charge on any atom is 0.257 e. The van der Waals surface area contributed by atoms with Crippen LogP contribution in [0.25, 0.3) is 0 Å². The van der Waals surface area contributed by atoms with Crippen molar-refractivity contribution in [1.29, 1.82) is 0 Å². The van der Waals surface area contributed by atoms with Crippen LogP contribution in [0, 0.1) is 6.92 Å². The molecule has 1 N–H and O–H groups in total. The highest BCUT2D eigenvalue weighted by Gasteiger charge is 2.19. The molecule has 0 spiro atoms. The van der Waals surface area contributed by atoms with Crippen LogP contribution in [-0.2, 0) is 0 Å². The van der Waals surface area contributed by atoms with Gasteiger partial charge in [0.25, 0.3) is 5.91 Å². The summed E-state index contributed by atoms with van der Waals surface area (Å²) in [5.74, 6) is -0.0747. The summed E-state index contributed by atoms with van der Waals surface area (Å²) in [6.07, 6.45) is 6.06. The number of carbonyl (C=O) groups is 1. The molecule has 2 heterocycles. The van der Waals surface area contributed by atoms with Crippen LogP contribution in [0.15, 0.2) is 41.6 Å². The first-order chi connectivity index (χ1) is 11.2. The van der Waals surface area contributed by atoms with Gasteiger partial charge in [0, 0.05) is 18.8 Å². The second kappa shape index (κ2) is 7.04. The number of hydrogen-bond acceptors (Lipinski definition) is 4. The average Bonchev–Trinajstić information content (AvgIpc) is 3.09. The maximum atomic E-state index is 12.7. The minimum absolute atomic E-state index is 0.0747. The molecule has 0 bridgehead atoms. The second-order valence-corrected chi connectivity index (χ2v) is 6.58. The van der Waals surface area contributed by atoms with E-state index in [9.17, 15) is 4.79 Å². The average molecular weight is 327 g/mol. The summed E-state index contributed by atoms with van der Waals surface area (Å²) in [5, 5.41) is 3.90. The van der Waals surface area contributed by atoms with Gasteiger partial charge in [-0.1, -0.05) is 11.6 Å². The molecule has 5 heteroatoms. The number of thioether (sulfide) groups is 1. The molecule has 1 aliphatic heterocycles. The number of aryl methyl sites for hydroxylation is 1. The van der Waals surface area contributed by atoms with Crippen LogP contribution in [0.2, 0.25) is 0 Å². The van der Waals surface area contributed by atoms with Gasteiger partial charge in [0.05, 0.1) is 22.5 Å². The van der Waals surface area contributed by atoms with Gasteiger partial charge in [-0.2, -0.15) is 0 Å². The minimum Gasteiger partial charge on any atom is -0.371 e. The molecule has 1 saturated heterocycles. The SMILES string of the molecule is CSc1ccc(NC(=O)c2cc(C)ccc2N2CCCC2)cn1. The zero-order chi connectivity index (χ0) is 16.2. The van der Waals surface area contributed by atoms with Crippen LogP contribution in [0.1, 0.15) is 28.8 Å². The monoisotopic (exact) mass is 327 g/mol. The first-order valence-electron chi connectivity index (χ1n) is 7.84. The van der Waals surface area contributed by atoms with E-state index in [4.69, 9.17) is 0 Å². The first-order valence-corrected chi connectivity index (χ1v) is 9.07. The molecule has 23 heavy (non-hydrogen) atoms. The number of anilines is 2. The summed E-state index contributed by atoms with van der Waals surface area (Å²) < 4.78 is 0. The zero-order valence-corrected chi connectivity index (χ0v) is 14.3. The normalized spacial score (nSPS) is 14.1. The lowest BCUT2D eigenvalue weighted by Crippen LogP contribution is -2.23. The number of hydrogen-bond donors (Lipinski definition) is 1. The van der Waals surface area contributed by atoms with E-state index in [0.717, 1.165) is 40.6 Å². The number of aromatic nitrogens is 1. The number of rotatable bonds is 4. The molecule has 1 aromatic heterocycles. The van der Waals surface area contributed by atoms with Gasteiger partial charge in [-0.15, -0.1) is 11.8 Å². The Balaban J connectivity index is 1.84. The fourth-order valence-electron chi connectivity index (χ4n) is 2.84. The molecular formula is C18H21N3OS. The Morgan fingerprint density at radius 3 is 2.65 bits per heavy atom. The summed E-state index contributed by atoms with van der Waals surface area (Å²) >= 11 is 1.58. The van der Waals surface area contributed by atoms with Crippen LogP contribution >= 0.6 is 11.8 Å². The van der Waals surface area contributed by atoms with Crippen LogP contribution in [0.4, 0.5) is 11.4 Å². The first kappa shape index (κ1) is 15.9. The molecule has 0 aliphatic carbocycles. The van der Waals surface area contributed by atoms with Crippen LogP contribution in [0.3, 0.4) is 0 Å². The highest BCUT2D eigenvalue weighted by molar-refractivity contribution is 7.98. The molecule has 1 fully saturated rings. The van der Waals surface area contributed by atoms with E-state index in [-0.39, 0.29) is 5.91 Å². The highest BCUT2D eigenvalue weighted by atomic mass is 32.2. The van der Waals surface area contributed by atoms with E-state index < -0.39 is 0 Å². The Kier molecular flexibility index (Phi) is 4.86. The van der Waals surface area contributed by atoms with Crippen molar-refractivity contribution in [3.63, 3.8) is 0 Å². The van der Waals surface area contributed by atoms with Gasteiger partial charge in [-0.3, -0.25) is 4.79 Å². The Bertz CT molecular complexity index is 694. The molecule has 0 saturated carbocycles. The third-order valence-corrected chi connectivity index (χ3v) is 4.71. The van der Waals surface area contributed by atoms with Gasteiger partial charge < -0.3 is 10.2 Å². The van der Waals surface area contributed by atoms with Gasteiger partial charge in [0.1, 0.15) is 0 Å². The number of nitrogens with zero attached hydrogens (tertiary/aromatic N) is 2. The maximum absolute atomic E-state index is 12.7. The van der Waals surface area contributed by atoms with E-state index >= 15 is 0 Å². The largest absolute Gasteiger partial charge is 0.371 e. The van der Waals surface area contributed by atoms with Crippen LogP contribution in [-0.4, -0.2) is 30.2 Å². The Morgan fingerprint density at radius 2 is 2.00 bits per heavy atom. The van der Waals surface area contributed by atoms with Gasteiger partial charge in [0.2, 0.25) is 0 Å². The third kappa shape index (κ3) is 3.67. The van der Waals surface area contributed by atoms with Crippen molar-refractivity contribution in [3.05, 3.63) is 47.7 Å². The predicted octanol–water partition coefficient (Wildman–Crippen LogP) is 3.96. The molecule has 1 amide bonds. The standard InChI is InChI=1S/C18H21N3OS/c1-13-5-7-16(21-9-3-4-10-21)15(11-13)18(22)20-14-6-8-17(23-2)19-12-14/h5-8,11-12H,3-4,9-10H2,1-2H3,(H,20,22). The van der Waals surface area contributed by atoms with E-state index in [1.165, 1.54) is 12.8 Å². The number of amides is 1. The Hall–Kier alpha value is -2.01. The molecule has 3 rings (SSSR count). The predicted molar refractivity (Wildman–Crippen MR) is 96.6 cm³/mol. The molecule has 2 aromatic rings. The Labute approximate surface area is 141 Å². The van der Waals surface area contributed by atoms with Gasteiger partial charge in [-0.25, -0.2) is 4.98 Å². The summed E-state index contributed by atoms with van der Waals surface area (Å²) in [6, 6.07) is 9.90. The molecular weight excluding hydrogens is 306 g/mol. The lowest BCUT2D eigenvalue weighted by molar-refractivity contribution is 0.102. The number of nitrogens with one attached hydrogen (secondary N) is 1. The van der Waals surface area contributed by atoms with Gasteiger partial charge in [0.15, 0.2) is 0 Å². The third-order valence-electron chi connectivity index (χ3n) is 4.05. The van der Waals surface area contributed by atoms with Crippen molar-refractivity contribution in [1.82, 2.24) is 4.98 Å². The van der Waals surface area contributed by atoms with Crippen LogP contribution < -0.4 is 10.2 Å². The van der Waals surface area contributed by atoms with Crippen molar-refractivity contribution in [2.45, 2.75) is 24.8 Å². The number of benzene rings is 1. The van der Waals surface area contributed by atoms with E-state index in [1.807, 2.05) is 31.4 Å². The lowest BCUT2D eigenvalue weighted by Gasteiger charge is -2.21. The summed E-state index contributed by atoms with van der Waals surface area (Å²) in [5.41, 5.74) is 3.58. The van der Waals surface area contributed by atoms with Crippen LogP contribution in [0.5, 0.6) is 0 Å². The number of carbonyl (C=O) groups excluding carboxylic acids is 1. The summed E-state index contributed by atoms with van der Waals surface area (Å²) in [6.45, 7) is 4.06. The second-order valence-electron chi connectivity index (χ2n) is 5.76. The number of pyridine rings is 1. The molecule has 0 unspecified atom stereocenters. The van der Waals surface area contributed by atoms with E-state index in [1.54, 1.807) is 18.0 Å². The minimum atomic E-state index is -0.0747. The smallest absolute Gasteiger partial charge is 0.257 e.